The predicted octanol–water partition coefficient (Wildman–Crippen LogP) is 4.86. The number of rotatable bonds is 5. The summed E-state index contributed by atoms with van der Waals surface area (Å²) in [6.07, 6.45) is 0.427. The highest BCUT2D eigenvalue weighted by atomic mass is 32.2. The molecule has 10 nitrogen and oxygen atoms in total. The molecule has 3 aliphatic rings. The van der Waals surface area contributed by atoms with Crippen LogP contribution in [0, 0.1) is 5.92 Å². The van der Waals surface area contributed by atoms with Crippen LogP contribution in [0.3, 0.4) is 0 Å². The molecule has 1 N–H and O–H groups in total. The normalized spacial score (nSPS) is 24.5. The number of hydrogen-bond acceptors (Lipinski definition) is 6. The first kappa shape index (κ1) is 28.7. The zero-order valence-corrected chi connectivity index (χ0v) is 24.7. The van der Waals surface area contributed by atoms with Gasteiger partial charge in [-0.1, -0.05) is 30.3 Å². The van der Waals surface area contributed by atoms with Crippen LogP contribution in [-0.4, -0.2) is 55.1 Å². The molecule has 2 aromatic carbocycles. The molecule has 2 aliphatic carbocycles. The predicted molar refractivity (Wildman–Crippen MR) is 151 cm³/mol. The number of benzene rings is 2. The van der Waals surface area contributed by atoms with Crippen molar-refractivity contribution < 1.29 is 31.5 Å². The van der Waals surface area contributed by atoms with Crippen LogP contribution in [0.4, 0.5) is 13.2 Å². The molecule has 1 fully saturated rings. The standard InChI is InChI=1S/C30H29F3N6O4S/c1-16-10-17-6-7-18(30(31,32)33)11-27(17)44(42,43)38(14-16)25-9-8-20-19(25)4-3-5-26(20)39-28(23(13-34-39)29(40)41)22-12-21(22)24-15-37(2)36-35-24/h3-7,11,13,15-16,21-22,25H,8-10,12,14H2,1-2H3,(H,40,41)/t16-,21+,22+,25+/m0/s1. The Morgan fingerprint density at radius 2 is 1.93 bits per heavy atom. The van der Waals surface area contributed by atoms with E-state index in [4.69, 9.17) is 0 Å². The van der Waals surface area contributed by atoms with Crippen LogP contribution in [0.5, 0.6) is 0 Å². The number of nitrogens with zero attached hydrogens (tertiary/aromatic N) is 6. The Morgan fingerprint density at radius 1 is 1.14 bits per heavy atom. The van der Waals surface area contributed by atoms with Gasteiger partial charge in [-0.2, -0.15) is 22.6 Å². The van der Waals surface area contributed by atoms with Gasteiger partial charge < -0.3 is 5.11 Å². The smallest absolute Gasteiger partial charge is 0.416 e. The number of halogens is 3. The second-order valence-corrected chi connectivity index (χ2v) is 13.9. The molecule has 2 aromatic heterocycles. The van der Waals surface area contributed by atoms with E-state index in [-0.39, 0.29) is 34.8 Å². The molecular formula is C30H29F3N6O4S. The number of aromatic carboxylic acids is 1. The third-order valence-corrected chi connectivity index (χ3v) is 11.0. The molecule has 3 heterocycles. The van der Waals surface area contributed by atoms with E-state index in [9.17, 15) is 31.5 Å². The number of aromatic nitrogens is 5. The van der Waals surface area contributed by atoms with Crippen molar-refractivity contribution in [3.05, 3.63) is 88.0 Å². The number of hydrogen-bond donors (Lipinski definition) is 1. The molecular weight excluding hydrogens is 597 g/mol. The first-order chi connectivity index (χ1) is 20.8. The lowest BCUT2D eigenvalue weighted by molar-refractivity contribution is -0.137. The second kappa shape index (κ2) is 9.99. The maximum atomic E-state index is 14.1. The van der Waals surface area contributed by atoms with Crippen molar-refractivity contribution in [2.24, 2.45) is 13.0 Å². The summed E-state index contributed by atoms with van der Waals surface area (Å²) in [5.74, 6) is -1.37. The highest BCUT2D eigenvalue weighted by Crippen LogP contribution is 2.55. The van der Waals surface area contributed by atoms with E-state index in [1.54, 1.807) is 22.5 Å². The Morgan fingerprint density at radius 3 is 2.64 bits per heavy atom. The fourth-order valence-corrected chi connectivity index (χ4v) is 8.96. The van der Waals surface area contributed by atoms with Gasteiger partial charge >= 0.3 is 12.1 Å². The summed E-state index contributed by atoms with van der Waals surface area (Å²) in [5.41, 5.74) is 3.05. The van der Waals surface area contributed by atoms with Crippen molar-refractivity contribution in [2.45, 2.75) is 61.6 Å². The molecule has 7 rings (SSSR count). The zero-order valence-electron chi connectivity index (χ0n) is 23.9. The van der Waals surface area contributed by atoms with Gasteiger partial charge in [0.1, 0.15) is 5.56 Å². The van der Waals surface area contributed by atoms with Gasteiger partial charge in [0.15, 0.2) is 0 Å². The lowest BCUT2D eigenvalue weighted by Gasteiger charge is -2.29. The monoisotopic (exact) mass is 626 g/mol. The Hall–Kier alpha value is -4.04. The third-order valence-electron chi connectivity index (χ3n) is 9.01. The molecule has 0 spiro atoms. The Balaban J connectivity index is 1.29. The Kier molecular flexibility index (Phi) is 6.52. The minimum Gasteiger partial charge on any atom is -0.478 e. The van der Waals surface area contributed by atoms with Crippen molar-refractivity contribution in [1.29, 1.82) is 0 Å². The molecule has 14 heteroatoms. The van der Waals surface area contributed by atoms with E-state index in [0.717, 1.165) is 29.0 Å². The summed E-state index contributed by atoms with van der Waals surface area (Å²) in [5, 5.41) is 22.7. The lowest BCUT2D eigenvalue weighted by atomic mass is 9.99. The van der Waals surface area contributed by atoms with Crippen LogP contribution >= 0.6 is 0 Å². The van der Waals surface area contributed by atoms with Crippen molar-refractivity contribution in [3.8, 4) is 5.69 Å². The van der Waals surface area contributed by atoms with E-state index in [1.165, 1.54) is 16.6 Å². The zero-order chi connectivity index (χ0) is 31.1. The first-order valence-corrected chi connectivity index (χ1v) is 15.8. The molecule has 230 valence electrons. The molecule has 44 heavy (non-hydrogen) atoms. The minimum atomic E-state index is -4.67. The summed E-state index contributed by atoms with van der Waals surface area (Å²) in [6.45, 7) is 2.05. The molecule has 0 amide bonds. The number of fused-ring (bicyclic) bond motifs is 2. The lowest BCUT2D eigenvalue weighted by Crippen LogP contribution is -2.36. The molecule has 4 atom stereocenters. The summed E-state index contributed by atoms with van der Waals surface area (Å²) < 4.78 is 73.5. The van der Waals surface area contributed by atoms with Gasteiger partial charge in [0, 0.05) is 31.6 Å². The molecule has 0 radical (unpaired) electrons. The molecule has 0 saturated heterocycles. The first-order valence-electron chi connectivity index (χ1n) is 14.4. The molecule has 1 saturated carbocycles. The molecule has 0 unspecified atom stereocenters. The summed E-state index contributed by atoms with van der Waals surface area (Å²) in [7, 11) is -2.51. The highest BCUT2D eigenvalue weighted by molar-refractivity contribution is 7.89. The number of carbonyl (C=O) groups is 1. The molecule has 0 bridgehead atoms. The van der Waals surface area contributed by atoms with Crippen LogP contribution in [0.1, 0.15) is 81.6 Å². The average molecular weight is 627 g/mol. The Labute approximate surface area is 251 Å². The van der Waals surface area contributed by atoms with Crippen molar-refractivity contribution >= 4 is 16.0 Å². The summed E-state index contributed by atoms with van der Waals surface area (Å²) in [4.78, 5) is 11.9. The van der Waals surface area contributed by atoms with Crippen molar-refractivity contribution in [1.82, 2.24) is 29.1 Å². The number of carboxylic acid groups (broad SMARTS) is 1. The van der Waals surface area contributed by atoms with Gasteiger partial charge in [0.2, 0.25) is 10.0 Å². The SMILES string of the molecule is C[C@H]1Cc2ccc(C(F)(F)F)cc2S(=O)(=O)N([C@@H]2CCc3c2cccc3-n2ncc(C(=O)O)c2[C@@H]2C[C@H]2c2cn(C)nn2)C1. The van der Waals surface area contributed by atoms with Gasteiger partial charge in [-0.05, 0) is 66.5 Å². The quantitative estimate of drug-likeness (QED) is 0.336. The average Bonchev–Trinajstić information content (AvgIpc) is 3.27. The number of sulfonamides is 1. The van der Waals surface area contributed by atoms with Crippen molar-refractivity contribution in [2.75, 3.05) is 6.54 Å². The van der Waals surface area contributed by atoms with E-state index in [2.05, 4.69) is 15.4 Å². The minimum absolute atomic E-state index is 0.00727. The van der Waals surface area contributed by atoms with Gasteiger partial charge in [0.25, 0.3) is 0 Å². The van der Waals surface area contributed by atoms with Gasteiger partial charge in [-0.15, -0.1) is 5.10 Å². The number of aryl methyl sites for hydroxylation is 1. The summed E-state index contributed by atoms with van der Waals surface area (Å²) in [6, 6.07) is 7.86. The maximum absolute atomic E-state index is 14.1. The number of alkyl halides is 3. The third kappa shape index (κ3) is 4.62. The van der Waals surface area contributed by atoms with E-state index >= 15 is 0 Å². The van der Waals surface area contributed by atoms with E-state index in [1.807, 2.05) is 25.3 Å². The molecule has 1 aliphatic heterocycles. The largest absolute Gasteiger partial charge is 0.478 e. The van der Waals surface area contributed by atoms with Gasteiger partial charge in [-0.25, -0.2) is 17.9 Å². The fourth-order valence-electron chi connectivity index (χ4n) is 6.95. The van der Waals surface area contributed by atoms with E-state index in [0.29, 0.717) is 42.6 Å². The Bertz CT molecular complexity index is 1920. The maximum Gasteiger partial charge on any atom is 0.416 e. The number of carboxylic acids is 1. The molecule has 4 aromatic rings. The van der Waals surface area contributed by atoms with Crippen LogP contribution < -0.4 is 0 Å². The van der Waals surface area contributed by atoms with Gasteiger partial charge in [-0.3, -0.25) is 4.68 Å². The van der Waals surface area contributed by atoms with E-state index < -0.39 is 33.8 Å². The van der Waals surface area contributed by atoms with Crippen LogP contribution in [0.25, 0.3) is 5.69 Å². The van der Waals surface area contributed by atoms with Gasteiger partial charge in [0.05, 0.1) is 39.8 Å². The summed E-state index contributed by atoms with van der Waals surface area (Å²) >= 11 is 0. The highest BCUT2D eigenvalue weighted by Gasteiger charge is 2.47. The van der Waals surface area contributed by atoms with Crippen molar-refractivity contribution in [3.63, 3.8) is 0 Å². The van der Waals surface area contributed by atoms with Crippen LogP contribution in [0.15, 0.2) is 53.7 Å². The van der Waals surface area contributed by atoms with Crippen LogP contribution in [0.2, 0.25) is 0 Å². The fraction of sp³-hybridized carbons (Fsp3) is 0.400. The topological polar surface area (TPSA) is 123 Å². The van der Waals surface area contributed by atoms with Crippen LogP contribution in [-0.2, 0) is 36.1 Å². The second-order valence-electron chi connectivity index (χ2n) is 12.0.